The molecular formula is C22H34N2O4. The summed E-state index contributed by atoms with van der Waals surface area (Å²) in [6.07, 6.45) is 0.827. The molecule has 0 unspecified atom stereocenters. The smallest absolute Gasteiger partial charge is 0.410 e. The largest absolute Gasteiger partial charge is 0.466 e. The Morgan fingerprint density at radius 3 is 2.29 bits per heavy atom. The molecule has 0 radical (unpaired) electrons. The molecule has 1 aliphatic rings. The van der Waals surface area contributed by atoms with Gasteiger partial charge in [-0.2, -0.15) is 0 Å². The molecule has 6 heteroatoms. The molecule has 0 saturated carbocycles. The van der Waals surface area contributed by atoms with Crippen LogP contribution in [0.25, 0.3) is 0 Å². The Morgan fingerprint density at radius 1 is 1.07 bits per heavy atom. The molecule has 2 atom stereocenters. The molecule has 28 heavy (non-hydrogen) atoms. The Bertz CT molecular complexity index is 666. The van der Waals surface area contributed by atoms with Crippen LogP contribution in [0.4, 0.5) is 10.5 Å². The van der Waals surface area contributed by atoms with Crippen LogP contribution in [0.1, 0.15) is 53.5 Å². The third-order valence-electron chi connectivity index (χ3n) is 4.81. The number of anilines is 1. The standard InChI is InChI=1S/C22H34N2O4/c1-7-27-20(25)13-10-18-8-11-19(12-9-18)23-14-17(3)24(15-16(23)2)21(26)28-22(4,5)6/h8-9,11-12,16-17H,7,10,13-15H2,1-6H3/t16-,17+/m1/s1. The topological polar surface area (TPSA) is 59.1 Å². The maximum Gasteiger partial charge on any atom is 0.410 e. The Kier molecular flexibility index (Phi) is 7.33. The van der Waals surface area contributed by atoms with Gasteiger partial charge in [0.1, 0.15) is 5.60 Å². The van der Waals surface area contributed by atoms with E-state index in [4.69, 9.17) is 9.47 Å². The van der Waals surface area contributed by atoms with Crippen molar-refractivity contribution >= 4 is 17.7 Å². The number of hydrogen-bond acceptors (Lipinski definition) is 5. The minimum atomic E-state index is -0.490. The number of aryl methyl sites for hydroxylation is 1. The summed E-state index contributed by atoms with van der Waals surface area (Å²) < 4.78 is 10.5. The third-order valence-corrected chi connectivity index (χ3v) is 4.81. The van der Waals surface area contributed by atoms with Gasteiger partial charge < -0.3 is 19.3 Å². The minimum Gasteiger partial charge on any atom is -0.466 e. The Labute approximate surface area is 168 Å². The van der Waals surface area contributed by atoms with E-state index in [9.17, 15) is 9.59 Å². The van der Waals surface area contributed by atoms with Gasteiger partial charge in [-0.3, -0.25) is 4.79 Å². The molecule has 1 heterocycles. The molecule has 1 fully saturated rings. The van der Waals surface area contributed by atoms with Crippen molar-refractivity contribution in [3.05, 3.63) is 29.8 Å². The number of nitrogens with zero attached hydrogens (tertiary/aromatic N) is 2. The molecule has 0 N–H and O–H groups in total. The van der Waals surface area contributed by atoms with Gasteiger partial charge in [-0.05, 0) is 65.7 Å². The maximum atomic E-state index is 12.5. The molecule has 0 spiro atoms. The van der Waals surface area contributed by atoms with E-state index in [-0.39, 0.29) is 24.1 Å². The lowest BCUT2D eigenvalue weighted by Gasteiger charge is -2.45. The highest BCUT2D eigenvalue weighted by molar-refractivity contribution is 5.70. The first-order chi connectivity index (χ1) is 13.1. The molecule has 0 aromatic heterocycles. The molecule has 156 valence electrons. The van der Waals surface area contributed by atoms with Gasteiger partial charge >= 0.3 is 12.1 Å². The summed E-state index contributed by atoms with van der Waals surface area (Å²) in [7, 11) is 0. The number of amides is 1. The summed E-state index contributed by atoms with van der Waals surface area (Å²) in [5.41, 5.74) is 1.75. The van der Waals surface area contributed by atoms with Crippen LogP contribution < -0.4 is 4.90 Å². The van der Waals surface area contributed by atoms with Gasteiger partial charge in [0.05, 0.1) is 6.61 Å². The lowest BCUT2D eigenvalue weighted by Crippen LogP contribution is -2.59. The summed E-state index contributed by atoms with van der Waals surface area (Å²) >= 11 is 0. The number of ether oxygens (including phenoxy) is 2. The molecule has 1 aromatic carbocycles. The van der Waals surface area contributed by atoms with E-state index in [0.29, 0.717) is 26.0 Å². The lowest BCUT2D eigenvalue weighted by molar-refractivity contribution is -0.143. The van der Waals surface area contributed by atoms with Crippen molar-refractivity contribution in [1.82, 2.24) is 4.90 Å². The zero-order chi connectivity index (χ0) is 20.9. The molecule has 0 bridgehead atoms. The van der Waals surface area contributed by atoms with Gasteiger partial charge in [0.25, 0.3) is 0 Å². The van der Waals surface area contributed by atoms with E-state index in [2.05, 4.69) is 43.0 Å². The summed E-state index contributed by atoms with van der Waals surface area (Å²) in [5.74, 6) is -0.160. The SMILES string of the molecule is CCOC(=O)CCc1ccc(N2C[C@H](C)N(C(=O)OC(C)(C)C)C[C@H]2C)cc1. The fraction of sp³-hybridized carbons (Fsp3) is 0.636. The fourth-order valence-electron chi connectivity index (χ4n) is 3.39. The average molecular weight is 391 g/mol. The molecule has 1 saturated heterocycles. The van der Waals surface area contributed by atoms with Crippen LogP contribution in [0.2, 0.25) is 0 Å². The van der Waals surface area contributed by atoms with Crippen molar-refractivity contribution in [2.24, 2.45) is 0 Å². The minimum absolute atomic E-state index is 0.0644. The first-order valence-electron chi connectivity index (χ1n) is 10.1. The molecule has 0 aliphatic carbocycles. The zero-order valence-corrected chi connectivity index (χ0v) is 18.0. The molecule has 1 amide bonds. The van der Waals surface area contributed by atoms with Crippen molar-refractivity contribution in [1.29, 1.82) is 0 Å². The number of esters is 1. The van der Waals surface area contributed by atoms with E-state index in [1.54, 1.807) is 0 Å². The molecule has 1 aromatic rings. The second-order valence-corrected chi connectivity index (χ2v) is 8.45. The second-order valence-electron chi connectivity index (χ2n) is 8.45. The maximum absolute atomic E-state index is 12.5. The van der Waals surface area contributed by atoms with E-state index in [1.807, 2.05) is 32.6 Å². The zero-order valence-electron chi connectivity index (χ0n) is 18.0. The molecular weight excluding hydrogens is 356 g/mol. The number of hydrogen-bond donors (Lipinski definition) is 0. The first-order valence-corrected chi connectivity index (χ1v) is 10.1. The number of carbonyl (C=O) groups is 2. The molecule has 2 rings (SSSR count). The van der Waals surface area contributed by atoms with Crippen molar-refractivity contribution in [3.8, 4) is 0 Å². The Hall–Kier alpha value is -2.24. The van der Waals surface area contributed by atoms with E-state index < -0.39 is 5.60 Å². The van der Waals surface area contributed by atoms with Gasteiger partial charge in [0.15, 0.2) is 0 Å². The summed E-state index contributed by atoms with van der Waals surface area (Å²) in [6, 6.07) is 8.56. The first kappa shape index (κ1) is 22.1. The number of rotatable bonds is 5. The quantitative estimate of drug-likeness (QED) is 0.711. The third kappa shape index (κ3) is 6.14. The molecule has 6 nitrogen and oxygen atoms in total. The van der Waals surface area contributed by atoms with Gasteiger partial charge in [0, 0.05) is 37.3 Å². The fourth-order valence-corrected chi connectivity index (χ4v) is 3.39. The predicted molar refractivity (Wildman–Crippen MR) is 111 cm³/mol. The summed E-state index contributed by atoms with van der Waals surface area (Å²) in [4.78, 5) is 28.1. The lowest BCUT2D eigenvalue weighted by atomic mass is 10.1. The van der Waals surface area contributed by atoms with Crippen LogP contribution in [0.5, 0.6) is 0 Å². The number of piperazine rings is 1. The second kappa shape index (κ2) is 9.30. The average Bonchev–Trinajstić information content (AvgIpc) is 2.61. The molecule has 1 aliphatic heterocycles. The number of benzene rings is 1. The van der Waals surface area contributed by atoms with Crippen molar-refractivity contribution < 1.29 is 19.1 Å². The highest BCUT2D eigenvalue weighted by Crippen LogP contribution is 2.25. The van der Waals surface area contributed by atoms with Gasteiger partial charge in [-0.1, -0.05) is 12.1 Å². The van der Waals surface area contributed by atoms with Crippen LogP contribution in [0, 0.1) is 0 Å². The van der Waals surface area contributed by atoms with Crippen molar-refractivity contribution in [2.75, 3.05) is 24.6 Å². The monoisotopic (exact) mass is 390 g/mol. The van der Waals surface area contributed by atoms with Gasteiger partial charge in [0.2, 0.25) is 0 Å². The van der Waals surface area contributed by atoms with Crippen LogP contribution in [-0.2, 0) is 20.7 Å². The summed E-state index contributed by atoms with van der Waals surface area (Å²) in [5, 5.41) is 0. The van der Waals surface area contributed by atoms with Crippen molar-refractivity contribution in [2.45, 2.75) is 72.1 Å². The normalized spacial score (nSPS) is 20.1. The van der Waals surface area contributed by atoms with Gasteiger partial charge in [-0.25, -0.2) is 4.79 Å². The van der Waals surface area contributed by atoms with E-state index in [0.717, 1.165) is 17.8 Å². The Balaban J connectivity index is 1.97. The Morgan fingerprint density at radius 2 is 1.71 bits per heavy atom. The highest BCUT2D eigenvalue weighted by Gasteiger charge is 2.34. The van der Waals surface area contributed by atoms with Crippen LogP contribution in [0.15, 0.2) is 24.3 Å². The van der Waals surface area contributed by atoms with Crippen LogP contribution in [-0.4, -0.2) is 54.3 Å². The highest BCUT2D eigenvalue weighted by atomic mass is 16.6. The predicted octanol–water partition coefficient (Wildman–Crippen LogP) is 4.02. The summed E-state index contributed by atoms with van der Waals surface area (Å²) in [6.45, 7) is 13.5. The van der Waals surface area contributed by atoms with Crippen molar-refractivity contribution in [3.63, 3.8) is 0 Å². The van der Waals surface area contributed by atoms with Crippen LogP contribution >= 0.6 is 0 Å². The van der Waals surface area contributed by atoms with E-state index >= 15 is 0 Å². The van der Waals surface area contributed by atoms with Gasteiger partial charge in [-0.15, -0.1) is 0 Å². The van der Waals surface area contributed by atoms with E-state index in [1.165, 1.54) is 0 Å². The van der Waals surface area contributed by atoms with Crippen LogP contribution in [0.3, 0.4) is 0 Å². The number of carbonyl (C=O) groups excluding carboxylic acids is 2.